The molecule has 0 aliphatic carbocycles. The monoisotopic (exact) mass is 257 g/mol. The van der Waals surface area contributed by atoms with Gasteiger partial charge in [-0.05, 0) is 13.3 Å². The molecule has 1 aliphatic heterocycles. The molecule has 0 radical (unpaired) electrons. The van der Waals surface area contributed by atoms with Crippen molar-refractivity contribution in [3.05, 3.63) is 11.1 Å². The molecule has 1 aromatic rings. The van der Waals surface area contributed by atoms with E-state index < -0.39 is 6.10 Å². The van der Waals surface area contributed by atoms with Gasteiger partial charge in [0.2, 0.25) is 0 Å². The molecule has 0 aromatic carbocycles. The van der Waals surface area contributed by atoms with Crippen LogP contribution in [-0.4, -0.2) is 35.4 Å². The van der Waals surface area contributed by atoms with Crippen LogP contribution in [0.3, 0.4) is 0 Å². The minimum atomic E-state index is -0.618. The Morgan fingerprint density at radius 3 is 3.18 bits per heavy atom. The van der Waals surface area contributed by atoms with Crippen LogP contribution in [0.1, 0.15) is 25.1 Å². The first-order valence-electron chi connectivity index (χ1n) is 5.44. The largest absolute Gasteiger partial charge is 0.387 e. The van der Waals surface area contributed by atoms with Crippen LogP contribution in [0.2, 0.25) is 0 Å². The van der Waals surface area contributed by atoms with E-state index in [1.54, 1.807) is 12.3 Å². The van der Waals surface area contributed by atoms with E-state index in [1.165, 1.54) is 11.3 Å². The van der Waals surface area contributed by atoms with Crippen LogP contribution < -0.4 is 10.6 Å². The molecule has 2 unspecified atom stereocenters. The smallest absolute Gasteiger partial charge is 0.321 e. The summed E-state index contributed by atoms with van der Waals surface area (Å²) in [5.74, 6) is 0. The Hall–Kier alpha value is -1.18. The van der Waals surface area contributed by atoms with Crippen molar-refractivity contribution in [1.29, 1.82) is 0 Å². The Bertz CT molecular complexity index is 388. The highest BCUT2D eigenvalue weighted by molar-refractivity contribution is 7.13. The first-order valence-corrected chi connectivity index (χ1v) is 6.32. The van der Waals surface area contributed by atoms with Crippen LogP contribution in [0.4, 0.5) is 9.93 Å². The number of nitrogens with zero attached hydrogens (tertiary/aromatic N) is 1. The Morgan fingerprint density at radius 2 is 2.59 bits per heavy atom. The summed E-state index contributed by atoms with van der Waals surface area (Å²) in [6.07, 6.45) is 0.220. The van der Waals surface area contributed by atoms with Gasteiger partial charge in [-0.25, -0.2) is 9.78 Å². The van der Waals surface area contributed by atoms with Gasteiger partial charge in [-0.15, -0.1) is 11.3 Å². The van der Waals surface area contributed by atoms with Gasteiger partial charge >= 0.3 is 6.03 Å². The third kappa shape index (κ3) is 3.39. The lowest BCUT2D eigenvalue weighted by atomic mass is 10.3. The first-order chi connectivity index (χ1) is 8.15. The summed E-state index contributed by atoms with van der Waals surface area (Å²) in [6.45, 7) is 2.88. The van der Waals surface area contributed by atoms with Crippen molar-refractivity contribution in [3.63, 3.8) is 0 Å². The zero-order valence-electron chi connectivity index (χ0n) is 9.47. The average Bonchev–Trinajstić information content (AvgIpc) is 2.88. The third-order valence-electron chi connectivity index (χ3n) is 2.44. The number of nitrogens with one attached hydrogen (secondary N) is 2. The first kappa shape index (κ1) is 12.3. The zero-order valence-corrected chi connectivity index (χ0v) is 10.3. The van der Waals surface area contributed by atoms with Crippen molar-refractivity contribution in [2.75, 3.05) is 18.5 Å². The highest BCUT2D eigenvalue weighted by Gasteiger charge is 2.18. The standard InChI is InChI=1S/C10H15N3O3S/c1-6(14)8-5-17-10(12-8)13-9(15)11-7-2-3-16-4-7/h5-7,14H,2-4H2,1H3,(H2,11,12,13,15). The van der Waals surface area contributed by atoms with Gasteiger partial charge in [0, 0.05) is 12.0 Å². The summed E-state index contributed by atoms with van der Waals surface area (Å²) in [5.41, 5.74) is 0.564. The summed E-state index contributed by atoms with van der Waals surface area (Å²) in [5, 5.41) is 16.9. The van der Waals surface area contributed by atoms with Crippen molar-refractivity contribution in [2.45, 2.75) is 25.5 Å². The summed E-state index contributed by atoms with van der Waals surface area (Å²) in [7, 11) is 0. The van der Waals surface area contributed by atoms with Gasteiger partial charge in [0.1, 0.15) is 0 Å². The number of amides is 2. The maximum atomic E-state index is 11.6. The third-order valence-corrected chi connectivity index (χ3v) is 3.21. The molecule has 7 heteroatoms. The van der Waals surface area contributed by atoms with E-state index in [0.717, 1.165) is 6.42 Å². The van der Waals surface area contributed by atoms with Gasteiger partial charge in [-0.1, -0.05) is 0 Å². The molecule has 3 N–H and O–H groups in total. The normalized spacial score (nSPS) is 21.2. The lowest BCUT2D eigenvalue weighted by Crippen LogP contribution is -2.38. The zero-order chi connectivity index (χ0) is 12.3. The predicted octanol–water partition coefficient (Wildman–Crippen LogP) is 1.11. The van der Waals surface area contributed by atoms with Gasteiger partial charge in [0.25, 0.3) is 0 Å². The maximum Gasteiger partial charge on any atom is 0.321 e. The molecule has 2 amide bonds. The van der Waals surface area contributed by atoms with Crippen LogP contribution in [0.15, 0.2) is 5.38 Å². The van der Waals surface area contributed by atoms with Gasteiger partial charge in [-0.3, -0.25) is 5.32 Å². The number of urea groups is 1. The van der Waals surface area contributed by atoms with E-state index in [1.807, 2.05) is 0 Å². The Morgan fingerprint density at radius 1 is 1.76 bits per heavy atom. The topological polar surface area (TPSA) is 83.5 Å². The number of ether oxygens (including phenoxy) is 1. The van der Waals surface area contributed by atoms with Crippen LogP contribution >= 0.6 is 11.3 Å². The fraction of sp³-hybridized carbons (Fsp3) is 0.600. The second-order valence-corrected chi connectivity index (χ2v) is 4.77. The van der Waals surface area contributed by atoms with Gasteiger partial charge < -0.3 is 15.2 Å². The molecule has 1 aliphatic rings. The number of aliphatic hydroxyl groups is 1. The second-order valence-electron chi connectivity index (χ2n) is 3.91. The highest BCUT2D eigenvalue weighted by Crippen LogP contribution is 2.20. The molecule has 1 saturated heterocycles. The number of thiazole rings is 1. The number of hydrogen-bond acceptors (Lipinski definition) is 5. The molecule has 0 bridgehead atoms. The number of aliphatic hydroxyl groups excluding tert-OH is 1. The van der Waals surface area contributed by atoms with E-state index in [2.05, 4.69) is 15.6 Å². The Kier molecular flexibility index (Phi) is 3.93. The molecule has 2 rings (SSSR count). The molecule has 1 aromatic heterocycles. The molecule has 0 saturated carbocycles. The van der Waals surface area contributed by atoms with Crippen LogP contribution in [0, 0.1) is 0 Å². The lowest BCUT2D eigenvalue weighted by molar-refractivity contribution is 0.189. The number of rotatable bonds is 3. The number of anilines is 1. The summed E-state index contributed by atoms with van der Waals surface area (Å²) in [4.78, 5) is 15.7. The molecule has 94 valence electrons. The predicted molar refractivity (Wildman–Crippen MR) is 64.1 cm³/mol. The number of aromatic nitrogens is 1. The number of carbonyl (C=O) groups excluding carboxylic acids is 1. The van der Waals surface area contributed by atoms with Crippen molar-refractivity contribution < 1.29 is 14.6 Å². The van der Waals surface area contributed by atoms with E-state index in [4.69, 9.17) is 4.74 Å². The number of carbonyl (C=O) groups is 1. The fourth-order valence-electron chi connectivity index (χ4n) is 1.50. The maximum absolute atomic E-state index is 11.6. The molecule has 2 atom stereocenters. The van der Waals surface area contributed by atoms with Crippen LogP contribution in [0.5, 0.6) is 0 Å². The molecular formula is C10H15N3O3S. The summed E-state index contributed by atoms with van der Waals surface area (Å²) in [6, 6.07) is -0.210. The quantitative estimate of drug-likeness (QED) is 0.757. The van der Waals surface area contributed by atoms with Gasteiger partial charge in [0.05, 0.1) is 24.4 Å². The van der Waals surface area contributed by atoms with Crippen LogP contribution in [-0.2, 0) is 4.74 Å². The fourth-order valence-corrected chi connectivity index (χ4v) is 2.29. The Balaban J connectivity index is 1.84. The molecule has 2 heterocycles. The SMILES string of the molecule is CC(O)c1csc(NC(=O)NC2CCOC2)n1. The van der Waals surface area contributed by atoms with Crippen molar-refractivity contribution in [3.8, 4) is 0 Å². The van der Waals surface area contributed by atoms with Crippen molar-refractivity contribution in [1.82, 2.24) is 10.3 Å². The Labute approximate surface area is 103 Å². The highest BCUT2D eigenvalue weighted by atomic mass is 32.1. The van der Waals surface area contributed by atoms with Gasteiger partial charge in [-0.2, -0.15) is 0 Å². The van der Waals surface area contributed by atoms with E-state index in [0.29, 0.717) is 24.0 Å². The average molecular weight is 257 g/mol. The van der Waals surface area contributed by atoms with E-state index in [-0.39, 0.29) is 12.1 Å². The van der Waals surface area contributed by atoms with Crippen molar-refractivity contribution >= 4 is 22.5 Å². The molecular weight excluding hydrogens is 242 g/mol. The van der Waals surface area contributed by atoms with E-state index in [9.17, 15) is 9.90 Å². The molecule has 0 spiro atoms. The van der Waals surface area contributed by atoms with E-state index >= 15 is 0 Å². The minimum absolute atomic E-state index is 0.0752. The molecule has 17 heavy (non-hydrogen) atoms. The van der Waals surface area contributed by atoms with Gasteiger partial charge in [0.15, 0.2) is 5.13 Å². The molecule has 1 fully saturated rings. The second kappa shape index (κ2) is 5.44. The molecule has 6 nitrogen and oxygen atoms in total. The summed E-state index contributed by atoms with van der Waals surface area (Å²) >= 11 is 1.29. The van der Waals surface area contributed by atoms with Crippen molar-refractivity contribution in [2.24, 2.45) is 0 Å². The summed E-state index contributed by atoms with van der Waals surface area (Å²) < 4.78 is 5.16. The lowest BCUT2D eigenvalue weighted by Gasteiger charge is -2.10. The number of hydrogen-bond donors (Lipinski definition) is 3. The minimum Gasteiger partial charge on any atom is -0.387 e. The van der Waals surface area contributed by atoms with Crippen LogP contribution in [0.25, 0.3) is 0 Å².